The lowest BCUT2D eigenvalue weighted by molar-refractivity contribution is 0.102. The molecule has 0 aliphatic rings. The third-order valence-corrected chi connectivity index (χ3v) is 5.08. The van der Waals surface area contributed by atoms with Crippen molar-refractivity contribution in [2.45, 2.75) is 26.7 Å². The van der Waals surface area contributed by atoms with Crippen molar-refractivity contribution in [2.24, 2.45) is 0 Å². The van der Waals surface area contributed by atoms with Crippen molar-refractivity contribution in [3.63, 3.8) is 0 Å². The van der Waals surface area contributed by atoms with E-state index in [-0.39, 0.29) is 5.91 Å². The smallest absolute Gasteiger partial charge is 0.257 e. The largest absolute Gasteiger partial charge is 0.352 e. The molecule has 0 spiro atoms. The second-order valence-electron chi connectivity index (χ2n) is 7.62. The molecule has 0 saturated carbocycles. The van der Waals surface area contributed by atoms with Crippen LogP contribution in [0.15, 0.2) is 73.2 Å². The number of rotatable bonds is 5. The van der Waals surface area contributed by atoms with E-state index in [0.717, 1.165) is 39.1 Å². The highest BCUT2D eigenvalue weighted by Gasteiger charge is 2.14. The topological polar surface area (TPSA) is 66.9 Å². The van der Waals surface area contributed by atoms with Crippen LogP contribution in [0, 0.1) is 6.92 Å². The van der Waals surface area contributed by atoms with Crippen LogP contribution < -0.4 is 10.6 Å². The number of nitrogens with zero attached hydrogens (tertiary/aromatic N) is 2. The van der Waals surface area contributed by atoms with Gasteiger partial charge in [0.05, 0.1) is 28.7 Å². The number of pyridine rings is 2. The Bertz CT molecular complexity index is 1210. The zero-order valence-corrected chi connectivity index (χ0v) is 17.3. The van der Waals surface area contributed by atoms with E-state index in [0.29, 0.717) is 11.5 Å². The van der Waals surface area contributed by atoms with Gasteiger partial charge in [0.25, 0.3) is 5.91 Å². The zero-order chi connectivity index (χ0) is 21.1. The number of aromatic nitrogens is 2. The highest BCUT2D eigenvalue weighted by atomic mass is 16.1. The zero-order valence-electron chi connectivity index (χ0n) is 17.3. The van der Waals surface area contributed by atoms with E-state index in [9.17, 15) is 4.79 Å². The Labute approximate surface area is 176 Å². The fraction of sp³-hybridized carbons (Fsp3) is 0.160. The maximum atomic E-state index is 13.0. The van der Waals surface area contributed by atoms with Crippen LogP contribution in [0.2, 0.25) is 0 Å². The van der Waals surface area contributed by atoms with Gasteiger partial charge >= 0.3 is 0 Å². The standard InChI is InChI=1S/C25H24N4O/c1-16(2)21-10-4-7-17(3)23(21)29-25(30)19-13-20(15-26-14-19)28-22-11-5-8-18-9-6-12-27-24(18)22/h4-16,28H,1-3H3,(H,29,30). The molecule has 0 aliphatic carbocycles. The molecule has 2 aromatic carbocycles. The Morgan fingerprint density at radius 1 is 1.00 bits per heavy atom. The number of carbonyl (C=O) groups is 1. The molecular formula is C25H24N4O. The van der Waals surface area contributed by atoms with Gasteiger partial charge in [0, 0.05) is 23.5 Å². The highest BCUT2D eigenvalue weighted by Crippen LogP contribution is 2.28. The van der Waals surface area contributed by atoms with E-state index in [2.05, 4.69) is 40.5 Å². The van der Waals surface area contributed by atoms with Crippen LogP contribution in [0.4, 0.5) is 17.1 Å². The summed E-state index contributed by atoms with van der Waals surface area (Å²) < 4.78 is 0. The molecule has 150 valence electrons. The molecular weight excluding hydrogens is 372 g/mol. The lowest BCUT2D eigenvalue weighted by atomic mass is 9.98. The van der Waals surface area contributed by atoms with Gasteiger partial charge in [-0.3, -0.25) is 14.8 Å². The van der Waals surface area contributed by atoms with E-state index in [1.807, 2.05) is 49.4 Å². The number of hydrogen-bond acceptors (Lipinski definition) is 4. The number of benzene rings is 2. The summed E-state index contributed by atoms with van der Waals surface area (Å²) in [5.74, 6) is 0.128. The Morgan fingerprint density at radius 2 is 1.80 bits per heavy atom. The van der Waals surface area contributed by atoms with Gasteiger partial charge in [-0.25, -0.2) is 0 Å². The van der Waals surface area contributed by atoms with Gasteiger partial charge in [0.2, 0.25) is 0 Å². The first-order valence-electron chi connectivity index (χ1n) is 9.99. The SMILES string of the molecule is Cc1cccc(C(C)C)c1NC(=O)c1cncc(Nc2cccc3cccnc23)c1. The molecule has 0 saturated heterocycles. The van der Waals surface area contributed by atoms with E-state index in [4.69, 9.17) is 0 Å². The Morgan fingerprint density at radius 3 is 2.63 bits per heavy atom. The second kappa shape index (κ2) is 8.33. The molecule has 4 rings (SSSR count). The first kappa shape index (κ1) is 19.6. The Hall–Kier alpha value is -3.73. The number of anilines is 3. The van der Waals surface area contributed by atoms with Crippen molar-refractivity contribution in [1.29, 1.82) is 0 Å². The lowest BCUT2D eigenvalue weighted by Crippen LogP contribution is -2.15. The van der Waals surface area contributed by atoms with Crippen molar-refractivity contribution >= 4 is 33.9 Å². The third-order valence-electron chi connectivity index (χ3n) is 5.08. The minimum Gasteiger partial charge on any atom is -0.352 e. The normalized spacial score (nSPS) is 10.9. The molecule has 30 heavy (non-hydrogen) atoms. The van der Waals surface area contributed by atoms with Crippen molar-refractivity contribution < 1.29 is 4.79 Å². The predicted octanol–water partition coefficient (Wildman–Crippen LogP) is 6.06. The maximum absolute atomic E-state index is 13.0. The van der Waals surface area contributed by atoms with E-state index in [1.165, 1.54) is 0 Å². The Kier molecular flexibility index (Phi) is 5.44. The summed E-state index contributed by atoms with van der Waals surface area (Å²) in [5, 5.41) is 7.47. The molecule has 4 aromatic rings. The minimum absolute atomic E-state index is 0.182. The second-order valence-corrected chi connectivity index (χ2v) is 7.62. The van der Waals surface area contributed by atoms with Crippen LogP contribution in [-0.2, 0) is 0 Å². The molecule has 0 aliphatic heterocycles. The van der Waals surface area contributed by atoms with Crippen molar-refractivity contribution in [3.8, 4) is 0 Å². The number of nitrogens with one attached hydrogen (secondary N) is 2. The van der Waals surface area contributed by atoms with Crippen molar-refractivity contribution in [2.75, 3.05) is 10.6 Å². The van der Waals surface area contributed by atoms with Crippen LogP contribution in [0.25, 0.3) is 10.9 Å². The summed E-state index contributed by atoms with van der Waals surface area (Å²) >= 11 is 0. The lowest BCUT2D eigenvalue weighted by Gasteiger charge is -2.16. The molecule has 2 aromatic heterocycles. The number of fused-ring (bicyclic) bond motifs is 1. The number of carbonyl (C=O) groups excluding carboxylic acids is 1. The molecule has 5 heteroatoms. The number of hydrogen-bond donors (Lipinski definition) is 2. The van der Waals surface area contributed by atoms with Gasteiger partial charge in [-0.2, -0.15) is 0 Å². The van der Waals surface area contributed by atoms with Gasteiger partial charge < -0.3 is 10.6 Å². The van der Waals surface area contributed by atoms with Gasteiger partial charge in [0.1, 0.15) is 0 Å². The Balaban J connectivity index is 1.60. The average Bonchev–Trinajstić information content (AvgIpc) is 2.75. The van der Waals surface area contributed by atoms with E-state index in [1.54, 1.807) is 24.7 Å². The summed E-state index contributed by atoms with van der Waals surface area (Å²) in [5.41, 5.74) is 5.99. The first-order valence-corrected chi connectivity index (χ1v) is 9.99. The molecule has 0 radical (unpaired) electrons. The average molecular weight is 396 g/mol. The molecule has 5 nitrogen and oxygen atoms in total. The van der Waals surface area contributed by atoms with Crippen LogP contribution >= 0.6 is 0 Å². The summed E-state index contributed by atoms with van der Waals surface area (Å²) in [6.45, 7) is 6.24. The number of aryl methyl sites for hydroxylation is 1. The maximum Gasteiger partial charge on any atom is 0.257 e. The summed E-state index contributed by atoms with van der Waals surface area (Å²) in [4.78, 5) is 21.7. The van der Waals surface area contributed by atoms with Crippen LogP contribution in [0.3, 0.4) is 0 Å². The van der Waals surface area contributed by atoms with Gasteiger partial charge in [-0.15, -0.1) is 0 Å². The van der Waals surface area contributed by atoms with Crippen LogP contribution in [0.5, 0.6) is 0 Å². The third kappa shape index (κ3) is 4.01. The van der Waals surface area contributed by atoms with Gasteiger partial charge in [-0.1, -0.05) is 50.2 Å². The monoisotopic (exact) mass is 396 g/mol. The molecule has 0 unspecified atom stereocenters. The van der Waals surface area contributed by atoms with Gasteiger partial charge in [-0.05, 0) is 42.2 Å². The highest BCUT2D eigenvalue weighted by molar-refractivity contribution is 6.05. The summed E-state index contributed by atoms with van der Waals surface area (Å²) in [7, 11) is 0. The molecule has 2 heterocycles. The fourth-order valence-electron chi connectivity index (χ4n) is 3.52. The van der Waals surface area contributed by atoms with E-state index >= 15 is 0 Å². The number of amides is 1. The van der Waals surface area contributed by atoms with E-state index < -0.39 is 0 Å². The van der Waals surface area contributed by atoms with Crippen LogP contribution in [-0.4, -0.2) is 15.9 Å². The first-order chi connectivity index (χ1) is 14.5. The fourth-order valence-corrected chi connectivity index (χ4v) is 3.52. The molecule has 2 N–H and O–H groups in total. The minimum atomic E-state index is -0.182. The molecule has 0 atom stereocenters. The summed E-state index contributed by atoms with van der Waals surface area (Å²) in [6, 6.07) is 17.8. The summed E-state index contributed by atoms with van der Waals surface area (Å²) in [6.07, 6.45) is 5.05. The van der Waals surface area contributed by atoms with Gasteiger partial charge in [0.15, 0.2) is 0 Å². The molecule has 1 amide bonds. The number of para-hydroxylation sites is 2. The van der Waals surface area contributed by atoms with Crippen LogP contribution in [0.1, 0.15) is 41.3 Å². The molecule has 0 bridgehead atoms. The molecule has 0 fully saturated rings. The van der Waals surface area contributed by atoms with Crippen molar-refractivity contribution in [1.82, 2.24) is 9.97 Å². The predicted molar refractivity (Wildman–Crippen MR) is 122 cm³/mol. The quantitative estimate of drug-likeness (QED) is 0.430. The van der Waals surface area contributed by atoms with Crippen molar-refractivity contribution in [3.05, 3.63) is 89.9 Å².